The molecule has 2 aromatic heterocycles. The summed E-state index contributed by atoms with van der Waals surface area (Å²) in [5.74, 6) is 0. The maximum atomic E-state index is 3.48. The minimum atomic E-state index is 0.507. The summed E-state index contributed by atoms with van der Waals surface area (Å²) in [6.45, 7) is 3.24. The molecule has 1 N–H and O–H groups in total. The highest BCUT2D eigenvalue weighted by atomic mass is 32.1. The van der Waals surface area contributed by atoms with E-state index in [1.807, 2.05) is 22.7 Å². The van der Waals surface area contributed by atoms with Crippen LogP contribution in [0.4, 0.5) is 5.00 Å². The largest absolute Gasteiger partial charge is 0.353 e. The molecule has 3 rings (SSSR count). The SMILES string of the molecule is c1csc(C2CNCCN2c2cccs2)c1. The van der Waals surface area contributed by atoms with E-state index in [0.717, 1.165) is 19.6 Å². The maximum Gasteiger partial charge on any atom is 0.0914 e. The third-order valence-corrected chi connectivity index (χ3v) is 4.78. The molecule has 1 saturated heterocycles. The lowest BCUT2D eigenvalue weighted by Crippen LogP contribution is -2.45. The molecule has 0 aliphatic carbocycles. The van der Waals surface area contributed by atoms with Gasteiger partial charge in [0.05, 0.1) is 11.0 Å². The number of hydrogen-bond donors (Lipinski definition) is 1. The minimum Gasteiger partial charge on any atom is -0.353 e. The molecule has 4 heteroatoms. The lowest BCUT2D eigenvalue weighted by Gasteiger charge is -2.36. The molecule has 0 aromatic carbocycles. The second kappa shape index (κ2) is 4.57. The summed E-state index contributed by atoms with van der Waals surface area (Å²) in [6.07, 6.45) is 0. The molecule has 0 bridgehead atoms. The third-order valence-electron chi connectivity index (χ3n) is 2.90. The van der Waals surface area contributed by atoms with Crippen molar-refractivity contribution in [1.82, 2.24) is 5.32 Å². The summed E-state index contributed by atoms with van der Waals surface area (Å²) in [6, 6.07) is 9.24. The van der Waals surface area contributed by atoms with Crippen LogP contribution < -0.4 is 10.2 Å². The zero-order chi connectivity index (χ0) is 10.8. The van der Waals surface area contributed by atoms with Gasteiger partial charge >= 0.3 is 0 Å². The molecular formula is C12H14N2S2. The standard InChI is InChI=1S/C12H14N2S2/c1-3-11(15-7-1)10-9-13-5-6-14(10)12-4-2-8-16-12/h1-4,7-8,10,13H,5-6,9H2. The fourth-order valence-electron chi connectivity index (χ4n) is 2.14. The van der Waals surface area contributed by atoms with Gasteiger partial charge in [-0.3, -0.25) is 0 Å². The monoisotopic (exact) mass is 250 g/mol. The van der Waals surface area contributed by atoms with Gasteiger partial charge in [0.25, 0.3) is 0 Å². The molecule has 1 unspecified atom stereocenters. The van der Waals surface area contributed by atoms with E-state index in [4.69, 9.17) is 0 Å². The number of anilines is 1. The molecule has 84 valence electrons. The quantitative estimate of drug-likeness (QED) is 0.881. The Balaban J connectivity index is 1.90. The van der Waals surface area contributed by atoms with Crippen LogP contribution in [0.1, 0.15) is 10.9 Å². The van der Waals surface area contributed by atoms with Crippen molar-refractivity contribution in [3.63, 3.8) is 0 Å². The fraction of sp³-hybridized carbons (Fsp3) is 0.333. The number of hydrogen-bond acceptors (Lipinski definition) is 4. The molecule has 0 radical (unpaired) electrons. The first-order valence-corrected chi connectivity index (χ1v) is 7.25. The molecule has 3 heterocycles. The van der Waals surface area contributed by atoms with Crippen LogP contribution in [0, 0.1) is 0 Å². The zero-order valence-corrected chi connectivity index (χ0v) is 10.6. The predicted molar refractivity (Wildman–Crippen MR) is 71.6 cm³/mol. The van der Waals surface area contributed by atoms with Gasteiger partial charge in [-0.25, -0.2) is 0 Å². The average Bonchev–Trinajstić information content (AvgIpc) is 3.03. The van der Waals surface area contributed by atoms with Gasteiger partial charge in [-0.05, 0) is 29.0 Å². The van der Waals surface area contributed by atoms with Gasteiger partial charge in [0.1, 0.15) is 0 Å². The summed E-state index contributed by atoms with van der Waals surface area (Å²) in [5.41, 5.74) is 0. The highest BCUT2D eigenvalue weighted by Gasteiger charge is 2.25. The Morgan fingerprint density at radius 3 is 2.81 bits per heavy atom. The van der Waals surface area contributed by atoms with Gasteiger partial charge in [-0.2, -0.15) is 0 Å². The van der Waals surface area contributed by atoms with Crippen molar-refractivity contribution in [3.8, 4) is 0 Å². The summed E-state index contributed by atoms with van der Waals surface area (Å²) in [4.78, 5) is 3.98. The molecule has 0 spiro atoms. The number of nitrogens with zero attached hydrogens (tertiary/aromatic N) is 1. The number of thiophene rings is 2. The van der Waals surface area contributed by atoms with Crippen molar-refractivity contribution in [3.05, 3.63) is 39.9 Å². The van der Waals surface area contributed by atoms with Crippen LogP contribution in [0.15, 0.2) is 35.0 Å². The van der Waals surface area contributed by atoms with E-state index in [-0.39, 0.29) is 0 Å². The van der Waals surface area contributed by atoms with E-state index in [0.29, 0.717) is 6.04 Å². The molecule has 0 amide bonds. The summed E-state index contributed by atoms with van der Waals surface area (Å²) < 4.78 is 0. The Kier molecular flexibility index (Phi) is 2.95. The van der Waals surface area contributed by atoms with Crippen LogP contribution in [0.2, 0.25) is 0 Å². The van der Waals surface area contributed by atoms with E-state index in [1.165, 1.54) is 9.88 Å². The van der Waals surface area contributed by atoms with Gasteiger partial charge in [-0.15, -0.1) is 22.7 Å². The van der Waals surface area contributed by atoms with Crippen LogP contribution in [0.25, 0.3) is 0 Å². The molecule has 2 nitrogen and oxygen atoms in total. The Labute approximate surface area is 104 Å². The van der Waals surface area contributed by atoms with Crippen LogP contribution >= 0.6 is 22.7 Å². The summed E-state index contributed by atoms with van der Waals surface area (Å²) in [5, 5.41) is 9.19. The van der Waals surface area contributed by atoms with Crippen LogP contribution in [0.5, 0.6) is 0 Å². The van der Waals surface area contributed by atoms with E-state index < -0.39 is 0 Å². The van der Waals surface area contributed by atoms with Gasteiger partial charge in [0, 0.05) is 24.5 Å². The lowest BCUT2D eigenvalue weighted by atomic mass is 10.1. The van der Waals surface area contributed by atoms with Crippen molar-refractivity contribution < 1.29 is 0 Å². The van der Waals surface area contributed by atoms with Crippen LogP contribution in [0.3, 0.4) is 0 Å². The summed E-state index contributed by atoms with van der Waals surface area (Å²) in [7, 11) is 0. The van der Waals surface area contributed by atoms with E-state index in [2.05, 4.69) is 45.2 Å². The third kappa shape index (κ3) is 1.88. The molecule has 0 saturated carbocycles. The Bertz CT molecular complexity index is 380. The van der Waals surface area contributed by atoms with Crippen molar-refractivity contribution in [2.75, 3.05) is 24.5 Å². The van der Waals surface area contributed by atoms with Crippen LogP contribution in [-0.2, 0) is 0 Å². The van der Waals surface area contributed by atoms with Crippen molar-refractivity contribution in [2.45, 2.75) is 6.04 Å². The van der Waals surface area contributed by atoms with Gasteiger partial charge in [0.15, 0.2) is 0 Å². The van der Waals surface area contributed by atoms with Gasteiger partial charge in [0.2, 0.25) is 0 Å². The smallest absolute Gasteiger partial charge is 0.0914 e. The first kappa shape index (κ1) is 10.3. The Morgan fingerprint density at radius 1 is 1.19 bits per heavy atom. The first-order valence-electron chi connectivity index (χ1n) is 5.49. The molecule has 16 heavy (non-hydrogen) atoms. The molecule has 1 fully saturated rings. The Hall–Kier alpha value is -0.840. The molecule has 2 aromatic rings. The molecule has 1 aliphatic rings. The average molecular weight is 250 g/mol. The van der Waals surface area contributed by atoms with Crippen LogP contribution in [-0.4, -0.2) is 19.6 Å². The van der Waals surface area contributed by atoms with Crippen molar-refractivity contribution in [2.24, 2.45) is 0 Å². The molecule has 1 atom stereocenters. The predicted octanol–water partition coefficient (Wildman–Crippen LogP) is 2.96. The topological polar surface area (TPSA) is 15.3 Å². The van der Waals surface area contributed by atoms with E-state index in [9.17, 15) is 0 Å². The zero-order valence-electron chi connectivity index (χ0n) is 8.93. The molecular weight excluding hydrogens is 236 g/mol. The van der Waals surface area contributed by atoms with E-state index in [1.54, 1.807) is 0 Å². The summed E-state index contributed by atoms with van der Waals surface area (Å²) >= 11 is 3.69. The normalized spacial score (nSPS) is 21.2. The van der Waals surface area contributed by atoms with Gasteiger partial charge in [-0.1, -0.05) is 6.07 Å². The second-order valence-corrected chi connectivity index (χ2v) is 5.79. The van der Waals surface area contributed by atoms with Gasteiger partial charge < -0.3 is 10.2 Å². The first-order chi connectivity index (χ1) is 7.95. The lowest BCUT2D eigenvalue weighted by molar-refractivity contribution is 0.497. The Morgan fingerprint density at radius 2 is 2.06 bits per heavy atom. The van der Waals surface area contributed by atoms with E-state index >= 15 is 0 Å². The molecule has 1 aliphatic heterocycles. The second-order valence-electron chi connectivity index (χ2n) is 3.88. The minimum absolute atomic E-state index is 0.507. The highest BCUT2D eigenvalue weighted by Crippen LogP contribution is 2.33. The number of rotatable bonds is 2. The van der Waals surface area contributed by atoms with Crippen molar-refractivity contribution >= 4 is 27.7 Å². The number of piperazine rings is 1. The van der Waals surface area contributed by atoms with Crippen molar-refractivity contribution in [1.29, 1.82) is 0 Å². The number of nitrogens with one attached hydrogen (secondary N) is 1. The fourth-order valence-corrected chi connectivity index (χ4v) is 3.78. The highest BCUT2D eigenvalue weighted by molar-refractivity contribution is 7.14. The maximum absolute atomic E-state index is 3.48.